The minimum absolute atomic E-state index is 0.0716. The van der Waals surface area contributed by atoms with Crippen molar-refractivity contribution >= 4 is 29.0 Å². The van der Waals surface area contributed by atoms with E-state index in [1.54, 1.807) is 26.0 Å². The van der Waals surface area contributed by atoms with E-state index in [0.29, 0.717) is 34.3 Å². The molecule has 10 heteroatoms. The molecule has 2 aromatic heterocycles. The lowest BCUT2D eigenvalue weighted by Gasteiger charge is -2.16. The summed E-state index contributed by atoms with van der Waals surface area (Å²) in [4.78, 5) is 29.3. The van der Waals surface area contributed by atoms with Gasteiger partial charge in [0, 0.05) is 35.6 Å². The largest absolute Gasteiger partial charge is 0.494 e. The van der Waals surface area contributed by atoms with Crippen LogP contribution in [0.2, 0.25) is 0 Å². The number of rotatable bonds is 7. The topological polar surface area (TPSA) is 131 Å². The molecule has 0 saturated heterocycles. The average molecular weight is 439 g/mol. The van der Waals surface area contributed by atoms with Crippen molar-refractivity contribution in [3.8, 4) is 17.0 Å². The number of carbonyl (C=O) groups is 2. The van der Waals surface area contributed by atoms with Gasteiger partial charge in [0.05, 0.1) is 18.5 Å². The number of hydrogen-bond donors (Lipinski definition) is 3. The van der Waals surface area contributed by atoms with Crippen LogP contribution >= 0.6 is 0 Å². The van der Waals surface area contributed by atoms with E-state index >= 15 is 0 Å². The van der Waals surface area contributed by atoms with Gasteiger partial charge in [0.15, 0.2) is 23.2 Å². The number of anilines is 3. The van der Waals surface area contributed by atoms with Gasteiger partial charge in [-0.1, -0.05) is 6.07 Å². The molecular weight excluding hydrogens is 412 g/mol. The van der Waals surface area contributed by atoms with Crippen molar-refractivity contribution in [1.29, 1.82) is 0 Å². The highest BCUT2D eigenvalue weighted by molar-refractivity contribution is 6.00. The van der Waals surface area contributed by atoms with Crippen molar-refractivity contribution in [2.75, 3.05) is 24.7 Å². The summed E-state index contributed by atoms with van der Waals surface area (Å²) in [6.07, 6.45) is 1.60. The zero-order valence-electron chi connectivity index (χ0n) is 20.8. The number of nitrogens with one attached hydrogen (secondary N) is 3. The lowest BCUT2D eigenvalue weighted by molar-refractivity contribution is -0.117. The Morgan fingerprint density at radius 1 is 1.22 bits per heavy atom. The summed E-state index contributed by atoms with van der Waals surface area (Å²) >= 11 is 0. The third-order valence-electron chi connectivity index (χ3n) is 4.97. The molecule has 0 spiro atoms. The van der Waals surface area contributed by atoms with E-state index in [1.807, 2.05) is 11.4 Å². The second-order valence-electron chi connectivity index (χ2n) is 7.36. The Labute approximate surface area is 189 Å². The SMILES string of the molecule is [2H]C([2H])([2H])NC(=O)c1nnc(NC(=O)C2CC2)cc1Nc1cccc(-c2nc(C)oc2C)c1OC. The molecule has 0 unspecified atom stereocenters. The number of benzene rings is 1. The smallest absolute Gasteiger partial charge is 0.273 e. The molecule has 1 fully saturated rings. The van der Waals surface area contributed by atoms with Crippen molar-refractivity contribution in [2.24, 2.45) is 5.92 Å². The maximum absolute atomic E-state index is 12.7. The number of ether oxygens (including phenoxy) is 1. The average Bonchev–Trinajstić information content (AvgIpc) is 3.57. The lowest BCUT2D eigenvalue weighted by atomic mass is 10.1. The number of carbonyl (C=O) groups excluding carboxylic acids is 2. The van der Waals surface area contributed by atoms with Gasteiger partial charge in [0.2, 0.25) is 5.91 Å². The normalized spacial score (nSPS) is 14.7. The van der Waals surface area contributed by atoms with Crippen molar-refractivity contribution in [3.63, 3.8) is 0 Å². The van der Waals surface area contributed by atoms with E-state index in [-0.39, 0.29) is 29.0 Å². The predicted octanol–water partition coefficient (Wildman–Crippen LogP) is 3.21. The fraction of sp³-hybridized carbons (Fsp3) is 0.318. The molecule has 0 bridgehead atoms. The molecule has 1 aliphatic rings. The number of hydrogen-bond acceptors (Lipinski definition) is 8. The molecule has 166 valence electrons. The van der Waals surface area contributed by atoms with Crippen molar-refractivity contribution in [2.45, 2.75) is 26.7 Å². The molecular formula is C22H24N6O4. The van der Waals surface area contributed by atoms with E-state index < -0.39 is 12.9 Å². The first kappa shape index (κ1) is 17.7. The second-order valence-corrected chi connectivity index (χ2v) is 7.36. The zero-order chi connectivity index (χ0) is 25.3. The molecule has 1 aromatic carbocycles. The minimum atomic E-state index is -2.73. The van der Waals surface area contributed by atoms with E-state index in [4.69, 9.17) is 13.3 Å². The highest BCUT2D eigenvalue weighted by Gasteiger charge is 2.30. The monoisotopic (exact) mass is 439 g/mol. The van der Waals surface area contributed by atoms with E-state index in [0.717, 1.165) is 12.8 Å². The summed E-state index contributed by atoms with van der Waals surface area (Å²) in [6.45, 7) is 0.795. The molecule has 0 aliphatic heterocycles. The van der Waals surface area contributed by atoms with Crippen LogP contribution in [0.3, 0.4) is 0 Å². The molecule has 2 heterocycles. The maximum atomic E-state index is 12.7. The van der Waals surface area contributed by atoms with Crippen LogP contribution in [0.25, 0.3) is 11.3 Å². The number of nitrogens with zero attached hydrogens (tertiary/aromatic N) is 3. The molecule has 3 aromatic rings. The van der Waals surface area contributed by atoms with Crippen molar-refractivity contribution in [3.05, 3.63) is 41.6 Å². The Balaban J connectivity index is 1.74. The maximum Gasteiger partial charge on any atom is 0.273 e. The molecule has 32 heavy (non-hydrogen) atoms. The van der Waals surface area contributed by atoms with Crippen LogP contribution in [0, 0.1) is 19.8 Å². The molecule has 0 atom stereocenters. The van der Waals surface area contributed by atoms with E-state index in [2.05, 4.69) is 25.8 Å². The lowest BCUT2D eigenvalue weighted by Crippen LogP contribution is -2.22. The number of oxazole rings is 1. The van der Waals surface area contributed by atoms with Crippen LogP contribution in [0.15, 0.2) is 28.7 Å². The van der Waals surface area contributed by atoms with Crippen LogP contribution in [-0.4, -0.2) is 41.1 Å². The number of methoxy groups -OCH3 is 1. The van der Waals surface area contributed by atoms with Gasteiger partial charge in [-0.2, -0.15) is 0 Å². The first-order valence-electron chi connectivity index (χ1n) is 11.4. The number of aryl methyl sites for hydroxylation is 2. The highest BCUT2D eigenvalue weighted by Crippen LogP contribution is 2.39. The standard InChI is InChI=1S/C22H24N6O4/c1-11-18(24-12(2)32-11)14-6-5-7-15(20(14)31-4)25-16-10-17(26-21(29)13-8-9-13)27-28-19(16)22(30)23-3/h5-7,10,13H,8-9H2,1-4H3,(H,23,30)(H2,25,26,27,29)/i3D3. The Morgan fingerprint density at radius 2 is 2.03 bits per heavy atom. The molecule has 3 N–H and O–H groups in total. The first-order chi connectivity index (χ1) is 16.6. The van der Waals surface area contributed by atoms with Crippen LogP contribution in [0.1, 0.15) is 39.1 Å². The Hall–Kier alpha value is -3.95. The third-order valence-corrected chi connectivity index (χ3v) is 4.97. The van der Waals surface area contributed by atoms with Gasteiger partial charge in [0.1, 0.15) is 11.5 Å². The Morgan fingerprint density at radius 3 is 2.69 bits per heavy atom. The summed E-state index contributed by atoms with van der Waals surface area (Å²) < 4.78 is 33.2. The van der Waals surface area contributed by atoms with E-state index in [9.17, 15) is 9.59 Å². The van der Waals surface area contributed by atoms with Crippen LogP contribution in [-0.2, 0) is 4.79 Å². The van der Waals surface area contributed by atoms with Gasteiger partial charge >= 0.3 is 0 Å². The summed E-state index contributed by atoms with van der Waals surface area (Å²) in [5.74, 6) is 0.402. The van der Waals surface area contributed by atoms with Gasteiger partial charge in [-0.05, 0) is 31.9 Å². The molecule has 0 radical (unpaired) electrons. The molecule has 2 amide bonds. The van der Waals surface area contributed by atoms with Crippen molar-refractivity contribution < 1.29 is 22.9 Å². The molecule has 1 saturated carbocycles. The number of aromatic nitrogens is 3. The van der Waals surface area contributed by atoms with Gasteiger partial charge in [-0.15, -0.1) is 10.2 Å². The summed E-state index contributed by atoms with van der Waals surface area (Å²) in [6, 6.07) is 6.69. The molecule has 1 aliphatic carbocycles. The Bertz CT molecular complexity index is 1290. The summed E-state index contributed by atoms with van der Waals surface area (Å²) in [5.41, 5.74) is 1.53. The Kier molecular flexibility index (Phi) is 4.79. The zero-order valence-corrected chi connectivity index (χ0v) is 17.8. The van der Waals surface area contributed by atoms with Gasteiger partial charge in [-0.3, -0.25) is 9.59 Å². The molecule has 4 rings (SSSR count). The van der Waals surface area contributed by atoms with Crippen LogP contribution < -0.4 is 20.7 Å². The summed E-state index contributed by atoms with van der Waals surface area (Å²) in [7, 11) is 1.49. The fourth-order valence-corrected chi connectivity index (χ4v) is 3.31. The minimum Gasteiger partial charge on any atom is -0.494 e. The third kappa shape index (κ3) is 4.25. The first-order valence-corrected chi connectivity index (χ1v) is 9.95. The van der Waals surface area contributed by atoms with E-state index in [1.165, 1.54) is 13.2 Å². The van der Waals surface area contributed by atoms with Crippen LogP contribution in [0.4, 0.5) is 17.2 Å². The predicted molar refractivity (Wildman–Crippen MR) is 118 cm³/mol. The number of para-hydroxylation sites is 1. The highest BCUT2D eigenvalue weighted by atomic mass is 16.5. The second kappa shape index (κ2) is 8.66. The van der Waals surface area contributed by atoms with Gasteiger partial charge < -0.3 is 25.1 Å². The fourth-order valence-electron chi connectivity index (χ4n) is 3.31. The quantitative estimate of drug-likeness (QED) is 0.511. The van der Waals surface area contributed by atoms with Gasteiger partial charge in [0.25, 0.3) is 5.91 Å². The van der Waals surface area contributed by atoms with Gasteiger partial charge in [-0.25, -0.2) is 4.98 Å². The molecule has 10 nitrogen and oxygen atoms in total. The van der Waals surface area contributed by atoms with Crippen LogP contribution in [0.5, 0.6) is 5.75 Å². The number of amides is 2. The van der Waals surface area contributed by atoms with Crippen molar-refractivity contribution in [1.82, 2.24) is 20.5 Å². The summed E-state index contributed by atoms with van der Waals surface area (Å²) in [5, 5.41) is 15.4.